The van der Waals surface area contributed by atoms with E-state index >= 15 is 0 Å². The highest BCUT2D eigenvalue weighted by molar-refractivity contribution is 6.15. The first-order valence-corrected chi connectivity index (χ1v) is 12.6. The number of hydrogen-bond donors (Lipinski definition) is 0. The first kappa shape index (κ1) is 24.5. The molecule has 0 fully saturated rings. The molecular formula is C33H38. The van der Waals surface area contributed by atoms with E-state index in [1.807, 2.05) is 41.5 Å². The lowest BCUT2D eigenvalue weighted by molar-refractivity contribution is 0.667. The second-order valence-corrected chi connectivity index (χ2v) is 8.20. The minimum atomic E-state index is 0.00532. The van der Waals surface area contributed by atoms with E-state index < -0.39 is 0 Å². The number of fused-ring (bicyclic) bond motifs is 9. The fraction of sp³-hybridized carbons (Fsp3) is 0.273. The van der Waals surface area contributed by atoms with Crippen molar-refractivity contribution >= 4 is 32.3 Å². The van der Waals surface area contributed by atoms with E-state index in [4.69, 9.17) is 0 Å². The van der Waals surface area contributed by atoms with Gasteiger partial charge in [0.05, 0.1) is 0 Å². The van der Waals surface area contributed by atoms with Crippen molar-refractivity contribution < 1.29 is 0 Å². The van der Waals surface area contributed by atoms with Gasteiger partial charge in [-0.25, -0.2) is 0 Å². The van der Waals surface area contributed by atoms with Crippen LogP contribution in [0.5, 0.6) is 0 Å². The Labute approximate surface area is 200 Å². The third-order valence-corrected chi connectivity index (χ3v) is 6.42. The third-order valence-electron chi connectivity index (χ3n) is 6.42. The molecule has 1 aliphatic rings. The predicted octanol–water partition coefficient (Wildman–Crippen LogP) is 10.5. The van der Waals surface area contributed by atoms with Crippen LogP contribution in [0.15, 0.2) is 84.9 Å². The SMILES string of the molecule is CC.CC.CC.CC1(C)c2ccc3c(ccc4ccccc43)c2-c2ccc3ccccc3c21. The highest BCUT2D eigenvalue weighted by Gasteiger charge is 2.37. The van der Waals surface area contributed by atoms with Crippen LogP contribution >= 0.6 is 0 Å². The van der Waals surface area contributed by atoms with Gasteiger partial charge in [0.15, 0.2) is 0 Å². The topological polar surface area (TPSA) is 0 Å². The number of rotatable bonds is 0. The molecule has 1 aliphatic carbocycles. The van der Waals surface area contributed by atoms with Gasteiger partial charge in [-0.3, -0.25) is 0 Å². The van der Waals surface area contributed by atoms with Crippen LogP contribution in [-0.4, -0.2) is 0 Å². The molecule has 0 saturated heterocycles. The largest absolute Gasteiger partial charge is 0.0683 e. The van der Waals surface area contributed by atoms with Crippen LogP contribution in [0.25, 0.3) is 43.4 Å². The molecule has 0 atom stereocenters. The average molecular weight is 435 g/mol. The number of hydrogen-bond acceptors (Lipinski definition) is 0. The van der Waals surface area contributed by atoms with Gasteiger partial charge in [0.25, 0.3) is 0 Å². The molecule has 5 aromatic carbocycles. The second kappa shape index (κ2) is 10.2. The van der Waals surface area contributed by atoms with E-state index in [0.717, 1.165) is 0 Å². The van der Waals surface area contributed by atoms with Crippen molar-refractivity contribution in [3.05, 3.63) is 96.1 Å². The summed E-state index contributed by atoms with van der Waals surface area (Å²) in [6.07, 6.45) is 0. The van der Waals surface area contributed by atoms with E-state index in [0.29, 0.717) is 0 Å². The molecule has 170 valence electrons. The second-order valence-electron chi connectivity index (χ2n) is 8.20. The highest BCUT2D eigenvalue weighted by Crippen LogP contribution is 2.53. The lowest BCUT2D eigenvalue weighted by Gasteiger charge is -2.23. The molecule has 0 unspecified atom stereocenters. The van der Waals surface area contributed by atoms with Crippen LogP contribution in [0, 0.1) is 0 Å². The van der Waals surface area contributed by atoms with Crippen LogP contribution < -0.4 is 0 Å². The van der Waals surface area contributed by atoms with Crippen molar-refractivity contribution in [1.29, 1.82) is 0 Å². The van der Waals surface area contributed by atoms with Crippen LogP contribution in [0.4, 0.5) is 0 Å². The Bertz CT molecular complexity index is 1390. The molecule has 0 radical (unpaired) electrons. The van der Waals surface area contributed by atoms with Crippen molar-refractivity contribution in [2.75, 3.05) is 0 Å². The molecule has 0 spiro atoms. The zero-order chi connectivity index (χ0) is 24.2. The zero-order valence-corrected chi connectivity index (χ0v) is 21.6. The summed E-state index contributed by atoms with van der Waals surface area (Å²) in [5, 5.41) is 8.07. The van der Waals surface area contributed by atoms with Crippen molar-refractivity contribution in [2.24, 2.45) is 0 Å². The van der Waals surface area contributed by atoms with E-state index in [1.54, 1.807) is 0 Å². The molecule has 5 aromatic rings. The third kappa shape index (κ3) is 3.82. The smallest absolute Gasteiger partial charge is 0.0165 e. The zero-order valence-electron chi connectivity index (χ0n) is 21.6. The predicted molar refractivity (Wildman–Crippen MR) is 151 cm³/mol. The van der Waals surface area contributed by atoms with Crippen LogP contribution in [0.3, 0.4) is 0 Å². The molecule has 0 heteroatoms. The summed E-state index contributed by atoms with van der Waals surface area (Å²) < 4.78 is 0. The van der Waals surface area contributed by atoms with Gasteiger partial charge in [0.1, 0.15) is 0 Å². The highest BCUT2D eigenvalue weighted by atomic mass is 14.4. The first-order valence-electron chi connectivity index (χ1n) is 12.6. The summed E-state index contributed by atoms with van der Waals surface area (Å²) in [5.41, 5.74) is 5.73. The maximum atomic E-state index is 2.37. The van der Waals surface area contributed by atoms with Crippen molar-refractivity contribution in [1.82, 2.24) is 0 Å². The monoisotopic (exact) mass is 434 g/mol. The molecule has 0 N–H and O–H groups in total. The van der Waals surface area contributed by atoms with Gasteiger partial charge >= 0.3 is 0 Å². The Morgan fingerprint density at radius 1 is 0.455 bits per heavy atom. The number of benzene rings is 5. The molecular weight excluding hydrogens is 396 g/mol. The van der Waals surface area contributed by atoms with Crippen LogP contribution in [0.2, 0.25) is 0 Å². The van der Waals surface area contributed by atoms with E-state index in [2.05, 4.69) is 98.8 Å². The Balaban J connectivity index is 0.000000475. The summed E-state index contributed by atoms with van der Waals surface area (Å²) in [6.45, 7) is 16.7. The molecule has 0 amide bonds. The maximum Gasteiger partial charge on any atom is 0.0165 e. The summed E-state index contributed by atoms with van der Waals surface area (Å²) in [6, 6.07) is 31.4. The Hall–Kier alpha value is -3.12. The Morgan fingerprint density at radius 2 is 0.970 bits per heavy atom. The molecule has 33 heavy (non-hydrogen) atoms. The van der Waals surface area contributed by atoms with Crippen LogP contribution in [0.1, 0.15) is 66.5 Å². The van der Waals surface area contributed by atoms with Gasteiger partial charge < -0.3 is 0 Å². The summed E-state index contributed by atoms with van der Waals surface area (Å²) >= 11 is 0. The first-order chi connectivity index (χ1) is 16.2. The normalized spacial score (nSPS) is 12.5. The van der Waals surface area contributed by atoms with E-state index in [-0.39, 0.29) is 5.41 Å². The van der Waals surface area contributed by atoms with Crippen molar-refractivity contribution in [2.45, 2.75) is 60.8 Å². The Kier molecular flexibility index (Phi) is 7.59. The molecule has 0 aliphatic heterocycles. The molecule has 0 heterocycles. The summed E-state index contributed by atoms with van der Waals surface area (Å²) in [4.78, 5) is 0. The Morgan fingerprint density at radius 3 is 1.64 bits per heavy atom. The fourth-order valence-corrected chi connectivity index (χ4v) is 5.19. The van der Waals surface area contributed by atoms with Gasteiger partial charge in [-0.1, -0.05) is 140 Å². The van der Waals surface area contributed by atoms with Crippen molar-refractivity contribution in [3.8, 4) is 11.1 Å². The molecule has 0 saturated carbocycles. The minimum absolute atomic E-state index is 0.00532. The minimum Gasteiger partial charge on any atom is -0.0683 e. The van der Waals surface area contributed by atoms with Gasteiger partial charge in [0, 0.05) is 5.41 Å². The lowest BCUT2D eigenvalue weighted by Crippen LogP contribution is -2.15. The average Bonchev–Trinajstić information content (AvgIpc) is 3.14. The quantitative estimate of drug-likeness (QED) is 0.213. The maximum absolute atomic E-state index is 2.37. The van der Waals surface area contributed by atoms with Crippen LogP contribution in [-0.2, 0) is 5.41 Å². The van der Waals surface area contributed by atoms with Crippen molar-refractivity contribution in [3.63, 3.8) is 0 Å². The molecule has 6 rings (SSSR count). The van der Waals surface area contributed by atoms with E-state index in [1.165, 1.54) is 54.6 Å². The molecule has 0 nitrogen and oxygen atoms in total. The summed E-state index contributed by atoms with van der Waals surface area (Å²) in [5.74, 6) is 0. The van der Waals surface area contributed by atoms with Gasteiger partial charge in [0.2, 0.25) is 0 Å². The van der Waals surface area contributed by atoms with Gasteiger partial charge in [-0.2, -0.15) is 0 Å². The molecule has 0 aromatic heterocycles. The molecule has 0 bridgehead atoms. The lowest BCUT2D eigenvalue weighted by atomic mass is 9.80. The fourth-order valence-electron chi connectivity index (χ4n) is 5.19. The summed E-state index contributed by atoms with van der Waals surface area (Å²) in [7, 11) is 0. The van der Waals surface area contributed by atoms with Gasteiger partial charge in [-0.05, 0) is 54.6 Å². The standard InChI is InChI=1S/C27H20.3C2H6/c1-27(2)24-16-15-21-19-9-5-3-7-17(19)11-13-22(21)25(24)23-14-12-18-8-4-6-10-20(18)26(23)27;3*1-2/h3-16H,1-2H3;3*1-2H3. The van der Waals surface area contributed by atoms with Gasteiger partial charge in [-0.15, -0.1) is 0 Å². The van der Waals surface area contributed by atoms with E-state index in [9.17, 15) is 0 Å².